The molecule has 0 aromatic heterocycles. The maximum absolute atomic E-state index is 12.2. The molecule has 0 bridgehead atoms. The SMILES string of the molecule is COc1ccc(CC(CBr)CCS(=O)(=O)C(C)(C)C)cc1. The highest BCUT2D eigenvalue weighted by Gasteiger charge is 2.29. The number of alkyl halides is 1. The number of benzene rings is 1. The molecule has 0 fully saturated rings. The summed E-state index contributed by atoms with van der Waals surface area (Å²) in [5.74, 6) is 1.39. The van der Waals surface area contributed by atoms with E-state index in [1.54, 1.807) is 27.9 Å². The Kier molecular flexibility index (Phi) is 6.72. The summed E-state index contributed by atoms with van der Waals surface area (Å²) in [6.07, 6.45) is 1.55. The van der Waals surface area contributed by atoms with Gasteiger partial charge in [-0.1, -0.05) is 28.1 Å². The Labute approximate surface area is 137 Å². The van der Waals surface area contributed by atoms with Crippen molar-refractivity contribution < 1.29 is 13.2 Å². The Hall–Kier alpha value is -0.550. The lowest BCUT2D eigenvalue weighted by Gasteiger charge is -2.21. The molecule has 0 aliphatic rings. The molecule has 0 amide bonds. The minimum absolute atomic E-state index is 0.239. The van der Waals surface area contributed by atoms with Crippen LogP contribution >= 0.6 is 15.9 Å². The van der Waals surface area contributed by atoms with E-state index in [1.807, 2.05) is 24.3 Å². The predicted octanol–water partition coefficient (Wildman–Crippen LogP) is 3.85. The van der Waals surface area contributed by atoms with E-state index in [0.717, 1.165) is 17.5 Å². The molecule has 0 heterocycles. The zero-order chi connectivity index (χ0) is 16.1. The summed E-state index contributed by atoms with van der Waals surface area (Å²) in [4.78, 5) is 0. The first-order valence-corrected chi connectivity index (χ1v) is 9.88. The van der Waals surface area contributed by atoms with Crippen LogP contribution in [-0.2, 0) is 16.3 Å². The second-order valence-corrected chi connectivity index (χ2v) is 9.80. The lowest BCUT2D eigenvalue weighted by Crippen LogP contribution is -2.31. The Bertz CT molecular complexity index is 530. The van der Waals surface area contributed by atoms with Crippen LogP contribution in [0.25, 0.3) is 0 Å². The number of halogens is 1. The Morgan fingerprint density at radius 3 is 2.19 bits per heavy atom. The molecular weight excluding hydrogens is 352 g/mol. The van der Waals surface area contributed by atoms with Crippen molar-refractivity contribution in [2.24, 2.45) is 5.92 Å². The first-order chi connectivity index (χ1) is 9.69. The molecule has 1 rings (SSSR count). The first-order valence-electron chi connectivity index (χ1n) is 7.11. The van der Waals surface area contributed by atoms with Gasteiger partial charge in [-0.25, -0.2) is 8.42 Å². The van der Waals surface area contributed by atoms with Gasteiger partial charge in [0.15, 0.2) is 9.84 Å². The summed E-state index contributed by atoms with van der Waals surface area (Å²) in [5, 5.41) is 0.804. The van der Waals surface area contributed by atoms with Gasteiger partial charge in [0.25, 0.3) is 0 Å². The number of ether oxygens (including phenoxy) is 1. The van der Waals surface area contributed by atoms with Gasteiger partial charge in [0, 0.05) is 5.33 Å². The van der Waals surface area contributed by atoms with Crippen molar-refractivity contribution in [3.8, 4) is 5.75 Å². The van der Waals surface area contributed by atoms with Crippen LogP contribution in [0.3, 0.4) is 0 Å². The van der Waals surface area contributed by atoms with Gasteiger partial charge < -0.3 is 4.74 Å². The largest absolute Gasteiger partial charge is 0.497 e. The highest BCUT2D eigenvalue weighted by atomic mass is 79.9. The Morgan fingerprint density at radius 1 is 1.19 bits per heavy atom. The van der Waals surface area contributed by atoms with Gasteiger partial charge in [-0.05, 0) is 57.2 Å². The monoisotopic (exact) mass is 376 g/mol. The molecule has 0 spiro atoms. The summed E-state index contributed by atoms with van der Waals surface area (Å²) >= 11 is 3.50. The molecule has 1 atom stereocenters. The molecule has 5 heteroatoms. The van der Waals surface area contributed by atoms with Crippen molar-refractivity contribution >= 4 is 25.8 Å². The molecule has 0 saturated carbocycles. The van der Waals surface area contributed by atoms with Crippen LogP contribution in [0.2, 0.25) is 0 Å². The maximum Gasteiger partial charge on any atom is 0.155 e. The number of sulfone groups is 1. The second kappa shape index (κ2) is 7.63. The predicted molar refractivity (Wildman–Crippen MR) is 92.1 cm³/mol. The van der Waals surface area contributed by atoms with E-state index in [-0.39, 0.29) is 5.75 Å². The number of methoxy groups -OCH3 is 1. The molecular formula is C16H25BrO3S. The van der Waals surface area contributed by atoms with E-state index in [0.29, 0.717) is 12.3 Å². The number of rotatable bonds is 7. The summed E-state index contributed by atoms with van der Waals surface area (Å²) in [6, 6.07) is 7.94. The van der Waals surface area contributed by atoms with E-state index in [1.165, 1.54) is 5.56 Å². The van der Waals surface area contributed by atoms with Gasteiger partial charge in [0.1, 0.15) is 5.75 Å². The third kappa shape index (κ3) is 5.62. The highest BCUT2D eigenvalue weighted by Crippen LogP contribution is 2.22. The highest BCUT2D eigenvalue weighted by molar-refractivity contribution is 9.09. The Balaban J connectivity index is 2.63. The zero-order valence-electron chi connectivity index (χ0n) is 13.2. The van der Waals surface area contributed by atoms with Crippen LogP contribution in [0.15, 0.2) is 24.3 Å². The molecule has 0 radical (unpaired) electrons. The maximum atomic E-state index is 12.2. The van der Waals surface area contributed by atoms with Crippen LogP contribution < -0.4 is 4.74 Å². The van der Waals surface area contributed by atoms with Crippen molar-refractivity contribution in [3.63, 3.8) is 0 Å². The molecule has 0 aliphatic carbocycles. The van der Waals surface area contributed by atoms with Crippen molar-refractivity contribution in [1.82, 2.24) is 0 Å². The van der Waals surface area contributed by atoms with Gasteiger partial charge in [0.2, 0.25) is 0 Å². The van der Waals surface area contributed by atoms with Gasteiger partial charge in [-0.3, -0.25) is 0 Å². The summed E-state index contributed by atoms with van der Waals surface area (Å²) in [7, 11) is -1.40. The van der Waals surface area contributed by atoms with Crippen LogP contribution in [0.5, 0.6) is 5.75 Å². The summed E-state index contributed by atoms with van der Waals surface area (Å²) in [6.45, 7) is 5.28. The lowest BCUT2D eigenvalue weighted by molar-refractivity contribution is 0.414. The summed E-state index contributed by atoms with van der Waals surface area (Å²) in [5.41, 5.74) is 1.20. The number of hydrogen-bond donors (Lipinski definition) is 0. The fourth-order valence-electron chi connectivity index (χ4n) is 1.96. The third-order valence-electron chi connectivity index (χ3n) is 3.63. The van der Waals surface area contributed by atoms with Crippen LogP contribution in [0.4, 0.5) is 0 Å². The third-order valence-corrected chi connectivity index (χ3v) is 7.18. The molecule has 21 heavy (non-hydrogen) atoms. The van der Waals surface area contributed by atoms with Gasteiger partial charge in [0.05, 0.1) is 17.6 Å². The van der Waals surface area contributed by atoms with E-state index in [4.69, 9.17) is 4.74 Å². The van der Waals surface area contributed by atoms with Crippen molar-refractivity contribution in [3.05, 3.63) is 29.8 Å². The molecule has 0 aliphatic heterocycles. The molecule has 1 unspecified atom stereocenters. The molecule has 0 saturated heterocycles. The van der Waals surface area contributed by atoms with Crippen LogP contribution in [0.1, 0.15) is 32.8 Å². The fourth-order valence-corrected chi connectivity index (χ4v) is 3.77. The normalized spacial score (nSPS) is 14.0. The topological polar surface area (TPSA) is 43.4 Å². The molecule has 120 valence electrons. The lowest BCUT2D eigenvalue weighted by atomic mass is 9.99. The van der Waals surface area contributed by atoms with E-state index in [2.05, 4.69) is 15.9 Å². The smallest absolute Gasteiger partial charge is 0.155 e. The minimum Gasteiger partial charge on any atom is -0.497 e. The molecule has 1 aromatic rings. The second-order valence-electron chi connectivity index (χ2n) is 6.29. The standard InChI is InChI=1S/C16H25BrO3S/c1-16(2,3)21(18,19)10-9-14(12-17)11-13-5-7-15(20-4)8-6-13/h5-8,14H,9-12H2,1-4H3. The van der Waals surface area contributed by atoms with Crippen LogP contribution in [-0.4, -0.2) is 31.4 Å². The van der Waals surface area contributed by atoms with Gasteiger partial charge in [-0.15, -0.1) is 0 Å². The Morgan fingerprint density at radius 2 is 1.76 bits per heavy atom. The minimum atomic E-state index is -3.05. The van der Waals surface area contributed by atoms with E-state index < -0.39 is 14.6 Å². The van der Waals surface area contributed by atoms with E-state index in [9.17, 15) is 8.42 Å². The van der Waals surface area contributed by atoms with Gasteiger partial charge in [-0.2, -0.15) is 0 Å². The average molecular weight is 377 g/mol. The summed E-state index contributed by atoms with van der Waals surface area (Å²) < 4.78 is 28.8. The number of hydrogen-bond acceptors (Lipinski definition) is 3. The average Bonchev–Trinajstić information content (AvgIpc) is 2.43. The fraction of sp³-hybridized carbons (Fsp3) is 0.625. The van der Waals surface area contributed by atoms with E-state index >= 15 is 0 Å². The molecule has 3 nitrogen and oxygen atoms in total. The van der Waals surface area contributed by atoms with Crippen molar-refractivity contribution in [1.29, 1.82) is 0 Å². The quantitative estimate of drug-likeness (QED) is 0.678. The van der Waals surface area contributed by atoms with Gasteiger partial charge >= 0.3 is 0 Å². The van der Waals surface area contributed by atoms with Crippen molar-refractivity contribution in [2.45, 2.75) is 38.4 Å². The van der Waals surface area contributed by atoms with Crippen LogP contribution in [0, 0.1) is 5.92 Å². The molecule has 0 N–H and O–H groups in total. The van der Waals surface area contributed by atoms with Crippen molar-refractivity contribution in [2.75, 3.05) is 18.2 Å². The zero-order valence-corrected chi connectivity index (χ0v) is 15.6. The molecule has 1 aromatic carbocycles. The first kappa shape index (κ1) is 18.5.